The number of hydrogen-bond acceptors (Lipinski definition) is 4. The van der Waals surface area contributed by atoms with Crippen LogP contribution in [0.15, 0.2) is 52.1 Å². The van der Waals surface area contributed by atoms with E-state index in [0.717, 1.165) is 22.4 Å². The Morgan fingerprint density at radius 3 is 2.61 bits per heavy atom. The Morgan fingerprint density at radius 1 is 1.12 bits per heavy atom. The third-order valence-corrected chi connectivity index (χ3v) is 6.58. The molecule has 3 heterocycles. The average molecular weight is 468 g/mol. The molecule has 7 nitrogen and oxygen atoms in total. The van der Waals surface area contributed by atoms with Crippen molar-refractivity contribution >= 4 is 34.4 Å². The molecule has 0 bridgehead atoms. The number of benzene rings is 2. The van der Waals surface area contributed by atoms with Crippen molar-refractivity contribution in [3.05, 3.63) is 85.3 Å². The summed E-state index contributed by atoms with van der Waals surface area (Å²) in [7, 11) is 1.57. The second kappa shape index (κ2) is 7.88. The Balaban J connectivity index is 1.76. The molecule has 0 saturated carbocycles. The van der Waals surface area contributed by atoms with Crippen molar-refractivity contribution in [2.24, 2.45) is 13.0 Å². The summed E-state index contributed by atoms with van der Waals surface area (Å²) in [5.41, 5.74) is 1.75. The number of halogens is 2. The van der Waals surface area contributed by atoms with Crippen LogP contribution in [-0.2, 0) is 20.1 Å². The zero-order valence-corrected chi connectivity index (χ0v) is 19.3. The minimum absolute atomic E-state index is 0.103. The van der Waals surface area contributed by atoms with Gasteiger partial charge in [0, 0.05) is 36.4 Å². The highest BCUT2D eigenvalue weighted by Crippen LogP contribution is 2.34. The number of hydrogen-bond donors (Lipinski definition) is 0. The van der Waals surface area contributed by atoms with E-state index in [4.69, 9.17) is 16.6 Å². The third kappa shape index (κ3) is 3.36. The minimum Gasteiger partial charge on any atom is -0.311 e. The first-order valence-electron chi connectivity index (χ1n) is 10.7. The summed E-state index contributed by atoms with van der Waals surface area (Å²) in [5, 5.41) is 0.165. The topological polar surface area (TPSA) is 65.1 Å². The molecule has 33 heavy (non-hydrogen) atoms. The van der Waals surface area contributed by atoms with E-state index in [9.17, 15) is 14.0 Å². The van der Waals surface area contributed by atoms with E-state index >= 15 is 0 Å². The van der Waals surface area contributed by atoms with Crippen LogP contribution >= 0.6 is 11.6 Å². The Hall–Kier alpha value is -3.39. The van der Waals surface area contributed by atoms with Gasteiger partial charge in [-0.1, -0.05) is 42.8 Å². The van der Waals surface area contributed by atoms with E-state index in [1.54, 1.807) is 7.05 Å². The van der Waals surface area contributed by atoms with Crippen LogP contribution in [0.2, 0.25) is 5.02 Å². The van der Waals surface area contributed by atoms with Gasteiger partial charge in [-0.15, -0.1) is 0 Å². The zero-order valence-electron chi connectivity index (χ0n) is 18.5. The lowest BCUT2D eigenvalue weighted by Crippen LogP contribution is -2.41. The van der Waals surface area contributed by atoms with E-state index in [-0.39, 0.29) is 23.0 Å². The molecular weight excluding hydrogens is 445 g/mol. The Kier molecular flexibility index (Phi) is 5.12. The van der Waals surface area contributed by atoms with E-state index in [1.807, 2.05) is 35.8 Å². The molecule has 0 saturated heterocycles. The van der Waals surface area contributed by atoms with Gasteiger partial charge < -0.3 is 9.47 Å². The molecule has 0 N–H and O–H groups in total. The summed E-state index contributed by atoms with van der Waals surface area (Å²) in [6.07, 6.45) is 0. The molecule has 2 aromatic carbocycles. The average Bonchev–Trinajstić information content (AvgIpc) is 3.16. The third-order valence-electron chi connectivity index (χ3n) is 6.23. The van der Waals surface area contributed by atoms with Gasteiger partial charge in [0.1, 0.15) is 5.82 Å². The van der Waals surface area contributed by atoms with Crippen molar-refractivity contribution < 1.29 is 4.39 Å². The molecule has 0 amide bonds. The van der Waals surface area contributed by atoms with Gasteiger partial charge >= 0.3 is 5.69 Å². The van der Waals surface area contributed by atoms with Crippen LogP contribution in [0.4, 0.5) is 16.0 Å². The smallest absolute Gasteiger partial charge is 0.311 e. The molecule has 1 aliphatic rings. The summed E-state index contributed by atoms with van der Waals surface area (Å²) in [4.78, 5) is 33.5. The van der Waals surface area contributed by atoms with Crippen molar-refractivity contribution in [3.8, 4) is 0 Å². The summed E-state index contributed by atoms with van der Waals surface area (Å²) >= 11 is 6.17. The molecular formula is C24H23ClFN5O2. The number of para-hydroxylation sites is 1. The van der Waals surface area contributed by atoms with Crippen molar-refractivity contribution in [3.63, 3.8) is 0 Å². The molecule has 0 spiro atoms. The van der Waals surface area contributed by atoms with Gasteiger partial charge in [0.25, 0.3) is 5.56 Å². The summed E-state index contributed by atoms with van der Waals surface area (Å²) in [5.74, 6) is 0.290. The highest BCUT2D eigenvalue weighted by molar-refractivity contribution is 6.31. The molecule has 2 aromatic heterocycles. The van der Waals surface area contributed by atoms with E-state index < -0.39 is 17.1 Å². The van der Waals surface area contributed by atoms with Crippen LogP contribution in [0, 0.1) is 18.7 Å². The van der Waals surface area contributed by atoms with Crippen molar-refractivity contribution in [1.82, 2.24) is 18.7 Å². The van der Waals surface area contributed by atoms with Crippen LogP contribution in [0.3, 0.4) is 0 Å². The van der Waals surface area contributed by atoms with Crippen molar-refractivity contribution in [1.29, 1.82) is 0 Å². The number of aromatic nitrogens is 4. The van der Waals surface area contributed by atoms with E-state index in [2.05, 4.69) is 11.8 Å². The Labute approximate surface area is 194 Å². The predicted octanol–water partition coefficient (Wildman–Crippen LogP) is 3.83. The van der Waals surface area contributed by atoms with Gasteiger partial charge in [-0.3, -0.25) is 13.9 Å². The lowest BCUT2D eigenvalue weighted by atomic mass is 10.1. The maximum atomic E-state index is 14.4. The molecule has 1 aliphatic heterocycles. The van der Waals surface area contributed by atoms with Crippen LogP contribution in [0.5, 0.6) is 0 Å². The molecule has 9 heteroatoms. The summed E-state index contributed by atoms with van der Waals surface area (Å²) < 4.78 is 18.7. The summed E-state index contributed by atoms with van der Waals surface area (Å²) in [6, 6.07) is 12.3. The lowest BCUT2D eigenvalue weighted by molar-refractivity contribution is 0.457. The second-order valence-corrected chi connectivity index (χ2v) is 9.04. The maximum Gasteiger partial charge on any atom is 0.332 e. The highest BCUT2D eigenvalue weighted by Gasteiger charge is 2.30. The first-order chi connectivity index (χ1) is 15.8. The van der Waals surface area contributed by atoms with Crippen LogP contribution in [-0.4, -0.2) is 25.2 Å². The van der Waals surface area contributed by atoms with Crippen LogP contribution in [0.25, 0.3) is 11.2 Å². The standard InChI is InChI=1S/C24H23ClFN5O2/c1-14-11-29(19-10-5-4-7-15(19)2)23-27-21-20(30(23)12-14)22(32)31(24(33)28(21)3)13-16-17(25)8-6-9-18(16)26/h4-10,14H,11-13H2,1-3H3/t14-/m1/s1. The first kappa shape index (κ1) is 21.5. The first-order valence-corrected chi connectivity index (χ1v) is 11.1. The van der Waals surface area contributed by atoms with Gasteiger partial charge in [0.05, 0.1) is 6.54 Å². The quantitative estimate of drug-likeness (QED) is 0.459. The van der Waals surface area contributed by atoms with Gasteiger partial charge in [-0.05, 0) is 36.6 Å². The number of rotatable bonds is 3. The van der Waals surface area contributed by atoms with E-state index in [1.165, 1.54) is 22.8 Å². The van der Waals surface area contributed by atoms with E-state index in [0.29, 0.717) is 23.7 Å². The summed E-state index contributed by atoms with van der Waals surface area (Å²) in [6.45, 7) is 5.20. The molecule has 1 atom stereocenters. The van der Waals surface area contributed by atoms with Crippen molar-refractivity contribution in [2.75, 3.05) is 11.4 Å². The molecule has 0 unspecified atom stereocenters. The van der Waals surface area contributed by atoms with Gasteiger partial charge in [0.2, 0.25) is 5.95 Å². The largest absolute Gasteiger partial charge is 0.332 e. The van der Waals surface area contributed by atoms with Crippen molar-refractivity contribution in [2.45, 2.75) is 26.9 Å². The molecule has 0 fully saturated rings. The van der Waals surface area contributed by atoms with Crippen LogP contribution in [0.1, 0.15) is 18.1 Å². The number of aryl methyl sites for hydroxylation is 2. The maximum absolute atomic E-state index is 14.4. The lowest BCUT2D eigenvalue weighted by Gasteiger charge is -2.33. The number of imidazole rings is 1. The predicted molar refractivity (Wildman–Crippen MR) is 127 cm³/mol. The fraction of sp³-hybridized carbons (Fsp3) is 0.292. The number of nitrogens with zero attached hydrogens (tertiary/aromatic N) is 5. The zero-order chi connectivity index (χ0) is 23.4. The molecule has 0 radical (unpaired) electrons. The molecule has 170 valence electrons. The minimum atomic E-state index is -0.572. The second-order valence-electron chi connectivity index (χ2n) is 8.63. The normalized spacial score (nSPS) is 15.8. The molecule has 4 aromatic rings. The number of anilines is 2. The fourth-order valence-electron chi connectivity index (χ4n) is 4.56. The fourth-order valence-corrected chi connectivity index (χ4v) is 4.78. The number of fused-ring (bicyclic) bond motifs is 3. The molecule has 0 aliphatic carbocycles. The SMILES string of the molecule is Cc1ccccc1N1C[C@@H](C)Cn2c1nc1c2c(=O)n(Cc2c(F)cccc2Cl)c(=O)n1C. The van der Waals surface area contributed by atoms with Gasteiger partial charge in [-0.2, -0.15) is 4.98 Å². The van der Waals surface area contributed by atoms with Gasteiger partial charge in [0.15, 0.2) is 11.2 Å². The monoisotopic (exact) mass is 467 g/mol. The van der Waals surface area contributed by atoms with Crippen LogP contribution < -0.4 is 16.1 Å². The highest BCUT2D eigenvalue weighted by atomic mass is 35.5. The Morgan fingerprint density at radius 2 is 1.88 bits per heavy atom. The molecule has 5 rings (SSSR count). The van der Waals surface area contributed by atoms with Gasteiger partial charge in [-0.25, -0.2) is 9.18 Å². The Bertz CT molecular complexity index is 1500.